The Bertz CT molecular complexity index is 944. The first-order valence-electron chi connectivity index (χ1n) is 10.7. The van der Waals surface area contributed by atoms with Crippen molar-refractivity contribution in [1.82, 2.24) is 14.3 Å². The summed E-state index contributed by atoms with van der Waals surface area (Å²) in [6.45, 7) is 5.34. The summed E-state index contributed by atoms with van der Waals surface area (Å²) in [5.41, 5.74) is 2.33. The zero-order valence-electron chi connectivity index (χ0n) is 17.4. The Labute approximate surface area is 182 Å². The Hall–Kier alpha value is -2.73. The summed E-state index contributed by atoms with van der Waals surface area (Å²) in [5, 5.41) is 0.963. The van der Waals surface area contributed by atoms with Crippen molar-refractivity contribution in [1.29, 1.82) is 0 Å². The van der Waals surface area contributed by atoms with E-state index in [1.54, 1.807) is 0 Å². The van der Waals surface area contributed by atoms with Crippen LogP contribution >= 0.6 is 11.5 Å². The second-order valence-corrected chi connectivity index (χ2v) is 8.42. The molecule has 156 valence electrons. The second-order valence-electron chi connectivity index (χ2n) is 7.69. The summed E-state index contributed by atoms with van der Waals surface area (Å²) in [4.78, 5) is 22.3. The highest BCUT2D eigenvalue weighted by Gasteiger charge is 2.27. The van der Waals surface area contributed by atoms with Gasteiger partial charge in [0.2, 0.25) is 11.0 Å². The van der Waals surface area contributed by atoms with Crippen LogP contribution in [0.2, 0.25) is 0 Å². The third-order valence-corrected chi connectivity index (χ3v) is 6.46. The number of carbonyl (C=O) groups is 1. The number of benzene rings is 2. The van der Waals surface area contributed by atoms with Gasteiger partial charge in [-0.3, -0.25) is 4.79 Å². The number of hydrogen-bond donors (Lipinski definition) is 0. The van der Waals surface area contributed by atoms with E-state index in [2.05, 4.69) is 40.5 Å². The van der Waals surface area contributed by atoms with Gasteiger partial charge in [-0.25, -0.2) is 4.98 Å². The molecule has 2 aromatic carbocycles. The van der Waals surface area contributed by atoms with E-state index in [-0.39, 0.29) is 11.8 Å². The average molecular weight is 421 g/mol. The van der Waals surface area contributed by atoms with Gasteiger partial charge < -0.3 is 9.80 Å². The van der Waals surface area contributed by atoms with Crippen LogP contribution in [-0.4, -0.2) is 46.3 Å². The van der Waals surface area contributed by atoms with Crippen molar-refractivity contribution in [3.63, 3.8) is 0 Å². The highest BCUT2D eigenvalue weighted by atomic mass is 32.1. The van der Waals surface area contributed by atoms with Crippen LogP contribution in [0.15, 0.2) is 60.7 Å². The fraction of sp³-hybridized carbons (Fsp3) is 0.375. The molecule has 5 nitrogen and oxygen atoms in total. The van der Waals surface area contributed by atoms with Crippen LogP contribution in [-0.2, 0) is 11.2 Å². The van der Waals surface area contributed by atoms with Gasteiger partial charge in [0, 0.05) is 44.1 Å². The fourth-order valence-electron chi connectivity index (χ4n) is 4.01. The van der Waals surface area contributed by atoms with Gasteiger partial charge in [0.25, 0.3) is 0 Å². The van der Waals surface area contributed by atoms with Crippen LogP contribution in [0.25, 0.3) is 0 Å². The van der Waals surface area contributed by atoms with Crippen molar-refractivity contribution < 1.29 is 4.79 Å². The summed E-state index contributed by atoms with van der Waals surface area (Å²) in [6, 6.07) is 20.5. The minimum absolute atomic E-state index is 0.0586. The van der Waals surface area contributed by atoms with E-state index in [1.807, 2.05) is 41.3 Å². The van der Waals surface area contributed by atoms with Crippen molar-refractivity contribution in [2.45, 2.75) is 32.1 Å². The molecular formula is C24H28N4OS. The molecule has 0 N–H and O–H groups in total. The molecule has 1 aliphatic heterocycles. The van der Waals surface area contributed by atoms with Gasteiger partial charge in [0.15, 0.2) is 0 Å². The molecule has 6 heteroatoms. The predicted molar refractivity (Wildman–Crippen MR) is 122 cm³/mol. The van der Waals surface area contributed by atoms with E-state index in [4.69, 9.17) is 4.98 Å². The third-order valence-electron chi connectivity index (χ3n) is 5.65. The maximum absolute atomic E-state index is 13.2. The molecular weight excluding hydrogens is 392 g/mol. The molecule has 1 amide bonds. The lowest BCUT2D eigenvalue weighted by molar-refractivity contribution is -0.132. The molecule has 0 unspecified atom stereocenters. The van der Waals surface area contributed by atoms with Crippen LogP contribution in [0, 0.1) is 0 Å². The zero-order valence-corrected chi connectivity index (χ0v) is 18.2. The first kappa shape index (κ1) is 20.5. The molecule has 1 aliphatic rings. The maximum Gasteiger partial charge on any atom is 0.230 e. The van der Waals surface area contributed by atoms with Gasteiger partial charge in [-0.15, -0.1) is 0 Å². The molecule has 0 aliphatic carbocycles. The van der Waals surface area contributed by atoms with E-state index in [0.717, 1.165) is 62.0 Å². The third kappa shape index (κ3) is 4.87. The monoisotopic (exact) mass is 420 g/mol. The normalized spacial score (nSPS) is 15.6. The van der Waals surface area contributed by atoms with Crippen LogP contribution in [0.4, 0.5) is 5.13 Å². The summed E-state index contributed by atoms with van der Waals surface area (Å²) >= 11 is 1.46. The highest BCUT2D eigenvalue weighted by molar-refractivity contribution is 7.09. The van der Waals surface area contributed by atoms with E-state index in [9.17, 15) is 4.79 Å². The molecule has 1 fully saturated rings. The smallest absolute Gasteiger partial charge is 0.230 e. The molecule has 2 heterocycles. The molecule has 3 aromatic rings. The van der Waals surface area contributed by atoms with Crippen LogP contribution < -0.4 is 4.90 Å². The van der Waals surface area contributed by atoms with Gasteiger partial charge in [-0.05, 0) is 24.0 Å². The lowest BCUT2D eigenvalue weighted by atomic mass is 9.95. The number of aromatic nitrogens is 2. The van der Waals surface area contributed by atoms with Crippen molar-refractivity contribution in [3.8, 4) is 0 Å². The quantitative estimate of drug-likeness (QED) is 0.594. The Morgan fingerprint density at radius 3 is 2.47 bits per heavy atom. The Kier molecular flexibility index (Phi) is 6.74. The Morgan fingerprint density at radius 1 is 1.00 bits per heavy atom. The lowest BCUT2D eigenvalue weighted by Crippen LogP contribution is -2.38. The number of hydrogen-bond acceptors (Lipinski definition) is 5. The van der Waals surface area contributed by atoms with Gasteiger partial charge >= 0.3 is 0 Å². The van der Waals surface area contributed by atoms with Gasteiger partial charge in [0.1, 0.15) is 5.82 Å². The lowest BCUT2D eigenvalue weighted by Gasteiger charge is -2.26. The van der Waals surface area contributed by atoms with Crippen molar-refractivity contribution >= 4 is 22.6 Å². The molecule has 1 saturated heterocycles. The van der Waals surface area contributed by atoms with Crippen LogP contribution in [0.3, 0.4) is 0 Å². The van der Waals surface area contributed by atoms with E-state index < -0.39 is 0 Å². The van der Waals surface area contributed by atoms with E-state index in [0.29, 0.717) is 0 Å². The predicted octanol–water partition coefficient (Wildman–Crippen LogP) is 4.36. The summed E-state index contributed by atoms with van der Waals surface area (Å²) in [6.07, 6.45) is 2.53. The minimum Gasteiger partial charge on any atom is -0.345 e. The molecule has 0 spiro atoms. The minimum atomic E-state index is -0.0586. The molecule has 4 rings (SSSR count). The SMILES string of the molecule is CC[C@@H](C(=O)N1CCCN(c2nc(Cc3ccccc3)ns2)CC1)c1ccccc1. The number of carbonyl (C=O) groups excluding carboxylic acids is 1. The largest absolute Gasteiger partial charge is 0.345 e. The maximum atomic E-state index is 13.2. The van der Waals surface area contributed by atoms with E-state index in [1.165, 1.54) is 17.1 Å². The van der Waals surface area contributed by atoms with Crippen molar-refractivity contribution in [3.05, 3.63) is 77.6 Å². The number of nitrogens with zero attached hydrogens (tertiary/aromatic N) is 4. The summed E-state index contributed by atoms with van der Waals surface area (Å²) in [7, 11) is 0. The van der Waals surface area contributed by atoms with Crippen LogP contribution in [0.5, 0.6) is 0 Å². The fourth-order valence-corrected chi connectivity index (χ4v) is 4.75. The highest BCUT2D eigenvalue weighted by Crippen LogP contribution is 2.24. The molecule has 1 aromatic heterocycles. The Balaban J connectivity index is 1.39. The topological polar surface area (TPSA) is 49.3 Å². The average Bonchev–Trinajstić information content (AvgIpc) is 3.10. The molecule has 30 heavy (non-hydrogen) atoms. The van der Waals surface area contributed by atoms with Crippen molar-refractivity contribution in [2.24, 2.45) is 0 Å². The molecule has 0 saturated carbocycles. The standard InChI is InChI=1S/C24H28N4OS/c1-2-21(20-12-7-4-8-13-20)23(29)27-14-9-15-28(17-16-27)24-25-22(26-30-24)18-19-10-5-3-6-11-19/h3-8,10-13,21H,2,9,14-18H2,1H3/t21-/m1/s1. The first-order valence-corrected chi connectivity index (χ1v) is 11.5. The van der Waals surface area contributed by atoms with Gasteiger partial charge in [0.05, 0.1) is 5.92 Å². The molecule has 0 radical (unpaired) electrons. The van der Waals surface area contributed by atoms with E-state index >= 15 is 0 Å². The van der Waals surface area contributed by atoms with Gasteiger partial charge in [-0.1, -0.05) is 67.6 Å². The summed E-state index contributed by atoms with van der Waals surface area (Å²) < 4.78 is 4.56. The summed E-state index contributed by atoms with van der Waals surface area (Å²) in [5.74, 6) is 1.05. The Morgan fingerprint density at radius 2 is 1.73 bits per heavy atom. The molecule has 1 atom stereocenters. The number of rotatable bonds is 6. The first-order chi connectivity index (χ1) is 14.7. The number of amides is 1. The molecule has 0 bridgehead atoms. The zero-order chi connectivity index (χ0) is 20.8. The van der Waals surface area contributed by atoms with Gasteiger partial charge in [-0.2, -0.15) is 4.37 Å². The van der Waals surface area contributed by atoms with Crippen LogP contribution in [0.1, 0.15) is 42.6 Å². The van der Waals surface area contributed by atoms with Crippen molar-refractivity contribution in [2.75, 3.05) is 31.1 Å². The number of anilines is 1. The second kappa shape index (κ2) is 9.85.